The molecule has 1 aromatic rings. The van der Waals surface area contributed by atoms with Gasteiger partial charge in [0.2, 0.25) is 11.8 Å². The summed E-state index contributed by atoms with van der Waals surface area (Å²) in [6.07, 6.45) is 4.15. The molecule has 150 valence electrons. The number of fused-ring (bicyclic) bond motifs is 3. The second kappa shape index (κ2) is 7.96. The van der Waals surface area contributed by atoms with Gasteiger partial charge in [0.25, 0.3) is 0 Å². The van der Waals surface area contributed by atoms with Crippen LogP contribution in [0.4, 0.5) is 0 Å². The zero-order chi connectivity index (χ0) is 19.6. The topological polar surface area (TPSA) is 92.2 Å². The van der Waals surface area contributed by atoms with Gasteiger partial charge in [0.1, 0.15) is 0 Å². The maximum absolute atomic E-state index is 12.5. The molecule has 4 atom stereocenters. The number of hydrogen-bond acceptors (Lipinski definition) is 5. The first-order chi connectivity index (χ1) is 12.7. The van der Waals surface area contributed by atoms with Gasteiger partial charge in [0, 0.05) is 44.2 Å². The molecule has 3 fully saturated rings. The van der Waals surface area contributed by atoms with E-state index in [-0.39, 0.29) is 23.1 Å². The predicted molar refractivity (Wildman–Crippen MR) is 102 cm³/mol. The molecule has 2 bridgehead atoms. The Morgan fingerprint density at radius 3 is 2.59 bits per heavy atom. The minimum absolute atomic E-state index is 0.00450. The second-order valence-electron chi connectivity index (χ2n) is 8.89. The first-order valence-electron chi connectivity index (χ1n) is 9.91. The van der Waals surface area contributed by atoms with Gasteiger partial charge in [-0.05, 0) is 25.3 Å². The Morgan fingerprint density at radius 1 is 1.26 bits per heavy atom. The smallest absolute Gasteiger partial charge is 0.224 e. The highest BCUT2D eigenvalue weighted by Gasteiger charge is 2.43. The fourth-order valence-corrected chi connectivity index (χ4v) is 4.13. The average molecular weight is 377 g/mol. The molecule has 0 saturated carbocycles. The molecule has 0 radical (unpaired) electrons. The number of carbonyl (C=O) groups is 2. The number of nitrogens with zero attached hydrogens (tertiary/aromatic N) is 4. The van der Waals surface area contributed by atoms with Crippen molar-refractivity contribution in [2.75, 3.05) is 26.2 Å². The minimum atomic E-state index is -0.0716. The summed E-state index contributed by atoms with van der Waals surface area (Å²) >= 11 is 0. The zero-order valence-corrected chi connectivity index (χ0v) is 16.9. The molecule has 3 aliphatic rings. The largest absolute Gasteiger partial charge is 0.355 e. The average Bonchev–Trinajstić information content (AvgIpc) is 3.08. The number of rotatable bonds is 6. The van der Waals surface area contributed by atoms with E-state index < -0.39 is 0 Å². The van der Waals surface area contributed by atoms with Crippen LogP contribution in [0.25, 0.3) is 0 Å². The van der Waals surface area contributed by atoms with E-state index in [4.69, 9.17) is 0 Å². The predicted octanol–water partition coefficient (Wildman–Crippen LogP) is 0.538. The van der Waals surface area contributed by atoms with Crippen molar-refractivity contribution in [2.45, 2.75) is 58.5 Å². The van der Waals surface area contributed by atoms with Crippen molar-refractivity contribution in [2.24, 2.45) is 11.8 Å². The number of carbonyl (C=O) groups excluding carboxylic acids is 2. The van der Waals surface area contributed by atoms with Crippen LogP contribution in [0.3, 0.4) is 0 Å². The van der Waals surface area contributed by atoms with Gasteiger partial charge in [-0.1, -0.05) is 26.0 Å². The third-order valence-corrected chi connectivity index (χ3v) is 5.72. The molecule has 27 heavy (non-hydrogen) atoms. The van der Waals surface area contributed by atoms with Crippen molar-refractivity contribution < 1.29 is 9.59 Å². The number of nitrogens with one attached hydrogen (secondary N) is 2. The van der Waals surface area contributed by atoms with Gasteiger partial charge in [-0.3, -0.25) is 19.2 Å². The van der Waals surface area contributed by atoms with Crippen LogP contribution in [0.5, 0.6) is 0 Å². The molecule has 2 amide bonds. The van der Waals surface area contributed by atoms with E-state index in [1.54, 1.807) is 0 Å². The quantitative estimate of drug-likeness (QED) is 0.707. The molecule has 0 spiro atoms. The van der Waals surface area contributed by atoms with E-state index in [9.17, 15) is 9.59 Å². The van der Waals surface area contributed by atoms with Gasteiger partial charge >= 0.3 is 0 Å². The number of amides is 2. The van der Waals surface area contributed by atoms with E-state index in [1.165, 1.54) is 6.92 Å². The molecule has 4 rings (SSSR count). The SMILES string of the molecule is CC(=O)NCCNC(=O)[C@H]1CN2CCC1C[C@@H]2Cn1cc(C(C)(C)C)nn1. The highest BCUT2D eigenvalue weighted by molar-refractivity contribution is 5.79. The summed E-state index contributed by atoms with van der Waals surface area (Å²) < 4.78 is 1.95. The number of hydrogen-bond donors (Lipinski definition) is 2. The summed E-state index contributed by atoms with van der Waals surface area (Å²) in [7, 11) is 0. The first kappa shape index (κ1) is 19.8. The summed E-state index contributed by atoms with van der Waals surface area (Å²) in [5.41, 5.74) is 1.01. The summed E-state index contributed by atoms with van der Waals surface area (Å²) in [5.74, 6) is 0.515. The minimum Gasteiger partial charge on any atom is -0.355 e. The highest BCUT2D eigenvalue weighted by atomic mass is 16.2. The molecule has 2 N–H and O–H groups in total. The van der Waals surface area contributed by atoms with Crippen LogP contribution < -0.4 is 10.6 Å². The summed E-state index contributed by atoms with van der Waals surface area (Å²) in [4.78, 5) is 25.9. The van der Waals surface area contributed by atoms with Crippen LogP contribution in [0.1, 0.15) is 46.2 Å². The molecule has 1 aromatic heterocycles. The first-order valence-corrected chi connectivity index (χ1v) is 9.91. The fourth-order valence-electron chi connectivity index (χ4n) is 4.13. The van der Waals surface area contributed by atoms with Gasteiger partial charge in [0.15, 0.2) is 0 Å². The Labute approximate surface area is 161 Å². The van der Waals surface area contributed by atoms with Crippen molar-refractivity contribution in [3.8, 4) is 0 Å². The molecule has 0 aliphatic carbocycles. The molecule has 8 nitrogen and oxygen atoms in total. The van der Waals surface area contributed by atoms with Gasteiger partial charge in [-0.25, -0.2) is 0 Å². The third kappa shape index (κ3) is 4.86. The molecule has 8 heteroatoms. The van der Waals surface area contributed by atoms with Crippen LogP contribution in [0, 0.1) is 11.8 Å². The van der Waals surface area contributed by atoms with Crippen molar-refractivity contribution in [1.82, 2.24) is 30.5 Å². The lowest BCUT2D eigenvalue weighted by molar-refractivity contribution is -0.133. The van der Waals surface area contributed by atoms with Gasteiger partial charge in [0.05, 0.1) is 18.2 Å². The van der Waals surface area contributed by atoms with Crippen LogP contribution in [0.15, 0.2) is 6.20 Å². The summed E-state index contributed by atoms with van der Waals surface area (Å²) in [6.45, 7) is 11.6. The zero-order valence-electron chi connectivity index (χ0n) is 16.9. The van der Waals surface area contributed by atoms with Crippen LogP contribution >= 0.6 is 0 Å². The molecular weight excluding hydrogens is 344 g/mol. The highest BCUT2D eigenvalue weighted by Crippen LogP contribution is 2.37. The van der Waals surface area contributed by atoms with E-state index >= 15 is 0 Å². The number of piperidine rings is 3. The summed E-state index contributed by atoms with van der Waals surface area (Å²) in [6, 6.07) is 0.418. The Kier molecular flexibility index (Phi) is 5.83. The van der Waals surface area contributed by atoms with Crippen LogP contribution in [0.2, 0.25) is 0 Å². The third-order valence-electron chi connectivity index (χ3n) is 5.72. The maximum Gasteiger partial charge on any atom is 0.224 e. The Morgan fingerprint density at radius 2 is 2.00 bits per heavy atom. The van der Waals surface area contributed by atoms with Crippen LogP contribution in [-0.4, -0.2) is 63.9 Å². The Balaban J connectivity index is 1.52. The second-order valence-corrected chi connectivity index (χ2v) is 8.89. The maximum atomic E-state index is 12.5. The molecule has 0 aromatic carbocycles. The normalized spacial score (nSPS) is 27.4. The Bertz CT molecular complexity index is 680. The lowest BCUT2D eigenvalue weighted by atomic mass is 9.75. The molecule has 3 saturated heterocycles. The molecular formula is C19H32N6O2. The van der Waals surface area contributed by atoms with Gasteiger partial charge in [-0.2, -0.15) is 0 Å². The number of aromatic nitrogens is 3. The Hall–Kier alpha value is -1.96. The van der Waals surface area contributed by atoms with Crippen LogP contribution in [-0.2, 0) is 21.5 Å². The van der Waals surface area contributed by atoms with E-state index in [0.717, 1.165) is 38.2 Å². The molecule has 3 aliphatic heterocycles. The van der Waals surface area contributed by atoms with Crippen molar-refractivity contribution in [1.29, 1.82) is 0 Å². The summed E-state index contributed by atoms with van der Waals surface area (Å²) in [5, 5.41) is 14.3. The van der Waals surface area contributed by atoms with Crippen molar-refractivity contribution >= 4 is 11.8 Å². The fraction of sp³-hybridized carbons (Fsp3) is 0.789. The van der Waals surface area contributed by atoms with Gasteiger partial charge in [-0.15, -0.1) is 5.10 Å². The lowest BCUT2D eigenvalue weighted by Crippen LogP contribution is -2.58. The molecule has 4 heterocycles. The van der Waals surface area contributed by atoms with E-state index in [0.29, 0.717) is 25.0 Å². The van der Waals surface area contributed by atoms with E-state index in [2.05, 4.69) is 52.8 Å². The van der Waals surface area contributed by atoms with Crippen molar-refractivity contribution in [3.05, 3.63) is 11.9 Å². The van der Waals surface area contributed by atoms with Gasteiger partial charge < -0.3 is 10.6 Å². The lowest BCUT2D eigenvalue weighted by Gasteiger charge is -2.49. The molecule has 2 unspecified atom stereocenters. The standard InChI is InChI=1S/C19H32N6O2/c1-13(26)20-6-7-21-18(27)16-11-24-8-5-14(16)9-15(24)10-25-12-17(22-23-25)19(2,3)4/h12,14-16H,5-11H2,1-4H3,(H,20,26)(H,21,27)/t14?,15-,16+/m1/s1. The van der Waals surface area contributed by atoms with E-state index in [1.807, 2.05) is 4.68 Å². The van der Waals surface area contributed by atoms with Crippen molar-refractivity contribution in [3.63, 3.8) is 0 Å². The monoisotopic (exact) mass is 376 g/mol.